The summed E-state index contributed by atoms with van der Waals surface area (Å²) >= 11 is 0. The first-order valence-corrected chi connectivity index (χ1v) is 11.5. The molecule has 0 bridgehead atoms. The zero-order valence-corrected chi connectivity index (χ0v) is 19.0. The van der Waals surface area contributed by atoms with Gasteiger partial charge in [-0.2, -0.15) is 18.4 Å². The second-order valence-electron chi connectivity index (χ2n) is 10.2. The van der Waals surface area contributed by atoms with E-state index in [1.807, 2.05) is 19.9 Å². The topological polar surface area (TPSA) is 123 Å². The first-order chi connectivity index (χ1) is 15.9. The van der Waals surface area contributed by atoms with Crippen molar-refractivity contribution in [2.24, 2.45) is 23.2 Å². The van der Waals surface area contributed by atoms with E-state index in [0.717, 1.165) is 0 Å². The number of rotatable bonds is 5. The molecule has 12 heteroatoms. The molecule has 0 unspecified atom stereocenters. The average molecular weight is 483 g/mol. The first kappa shape index (κ1) is 24.3. The summed E-state index contributed by atoms with van der Waals surface area (Å²) in [5.74, 6) is -4.03. The Labute approximate surface area is 195 Å². The van der Waals surface area contributed by atoms with E-state index in [-0.39, 0.29) is 55.5 Å². The van der Waals surface area contributed by atoms with Gasteiger partial charge in [-0.15, -0.1) is 0 Å². The Bertz CT molecular complexity index is 946. The van der Waals surface area contributed by atoms with E-state index in [1.54, 1.807) is 0 Å². The summed E-state index contributed by atoms with van der Waals surface area (Å²) in [7, 11) is 0. The maximum Gasteiger partial charge on any atom is 0.471 e. The molecule has 3 aliphatic heterocycles. The van der Waals surface area contributed by atoms with Crippen LogP contribution in [0.5, 0.6) is 0 Å². The van der Waals surface area contributed by atoms with Crippen LogP contribution in [0.1, 0.15) is 39.5 Å². The van der Waals surface area contributed by atoms with Gasteiger partial charge in [0.05, 0.1) is 6.07 Å². The summed E-state index contributed by atoms with van der Waals surface area (Å²) in [6.07, 6.45) is -4.02. The molecular formula is C22H28F3N5O4. The van der Waals surface area contributed by atoms with Crippen LogP contribution >= 0.6 is 0 Å². The Kier molecular flexibility index (Phi) is 6.02. The molecule has 9 nitrogen and oxygen atoms in total. The molecular weight excluding hydrogens is 455 g/mol. The van der Waals surface area contributed by atoms with Crippen molar-refractivity contribution in [2.75, 3.05) is 19.6 Å². The lowest BCUT2D eigenvalue weighted by Crippen LogP contribution is -2.57. The number of carbonyl (C=O) groups is 4. The lowest BCUT2D eigenvalue weighted by molar-refractivity contribution is -0.187. The van der Waals surface area contributed by atoms with Crippen molar-refractivity contribution in [3.8, 4) is 6.07 Å². The van der Waals surface area contributed by atoms with Crippen molar-refractivity contribution < 1.29 is 32.3 Å². The van der Waals surface area contributed by atoms with Crippen LogP contribution in [-0.2, 0) is 19.2 Å². The number of fused-ring (bicyclic) bond motifs is 1. The Balaban J connectivity index is 1.50. The van der Waals surface area contributed by atoms with Crippen LogP contribution < -0.4 is 10.6 Å². The van der Waals surface area contributed by atoms with Crippen molar-refractivity contribution in [1.29, 1.82) is 5.26 Å². The predicted octanol–water partition coefficient (Wildman–Crippen LogP) is 0.557. The summed E-state index contributed by atoms with van der Waals surface area (Å²) < 4.78 is 39.1. The average Bonchev–Trinajstić information content (AvgIpc) is 3.31. The second kappa shape index (κ2) is 8.43. The smallest absolute Gasteiger partial charge is 0.356 e. The summed E-state index contributed by atoms with van der Waals surface area (Å²) in [6, 6.07) is -1.14. The highest BCUT2D eigenvalue weighted by Crippen LogP contribution is 2.65. The third-order valence-electron chi connectivity index (χ3n) is 7.96. The van der Waals surface area contributed by atoms with Crippen LogP contribution in [0, 0.1) is 34.5 Å². The Hall–Kier alpha value is -2.84. The van der Waals surface area contributed by atoms with Gasteiger partial charge in [0.25, 0.3) is 0 Å². The van der Waals surface area contributed by atoms with Gasteiger partial charge in [-0.05, 0) is 42.9 Å². The quantitative estimate of drug-likeness (QED) is 0.592. The molecule has 2 N–H and O–H groups in total. The van der Waals surface area contributed by atoms with E-state index in [2.05, 4.69) is 10.6 Å². The Morgan fingerprint density at radius 1 is 1.26 bits per heavy atom. The van der Waals surface area contributed by atoms with Crippen LogP contribution in [0.3, 0.4) is 0 Å². The largest absolute Gasteiger partial charge is 0.471 e. The van der Waals surface area contributed by atoms with Crippen LogP contribution in [-0.4, -0.2) is 77.4 Å². The summed E-state index contributed by atoms with van der Waals surface area (Å²) in [6.45, 7) is 4.47. The third kappa shape index (κ3) is 4.09. The number of nitrogens with one attached hydrogen (secondary N) is 2. The zero-order valence-electron chi connectivity index (χ0n) is 19.0. The minimum Gasteiger partial charge on any atom is -0.356 e. The number of amides is 4. The molecule has 0 radical (unpaired) electrons. The minimum atomic E-state index is -5.08. The van der Waals surface area contributed by atoms with Crippen LogP contribution in [0.2, 0.25) is 0 Å². The lowest BCUT2D eigenvalue weighted by atomic mass is 9.97. The zero-order chi connectivity index (χ0) is 25.0. The molecule has 1 aliphatic carbocycles. The molecule has 6 atom stereocenters. The van der Waals surface area contributed by atoms with E-state index in [1.165, 1.54) is 4.90 Å². The van der Waals surface area contributed by atoms with Gasteiger partial charge in [-0.3, -0.25) is 19.2 Å². The van der Waals surface area contributed by atoms with Gasteiger partial charge in [0, 0.05) is 25.6 Å². The molecule has 4 fully saturated rings. The number of nitriles is 1. The summed E-state index contributed by atoms with van der Waals surface area (Å²) in [5.41, 5.74) is -0.233. The maximum absolute atomic E-state index is 13.3. The van der Waals surface area contributed by atoms with Crippen LogP contribution in [0.15, 0.2) is 0 Å². The first-order valence-electron chi connectivity index (χ1n) is 11.5. The van der Waals surface area contributed by atoms with Crippen molar-refractivity contribution in [2.45, 2.75) is 63.8 Å². The Morgan fingerprint density at radius 3 is 2.56 bits per heavy atom. The highest BCUT2D eigenvalue weighted by molar-refractivity contribution is 5.95. The molecule has 0 aromatic carbocycles. The molecule has 0 aromatic rings. The fourth-order valence-electron chi connectivity index (χ4n) is 5.99. The van der Waals surface area contributed by atoms with Crippen LogP contribution in [0.4, 0.5) is 13.2 Å². The fourth-order valence-corrected chi connectivity index (χ4v) is 5.99. The number of piperidine rings is 1. The normalized spacial score (nSPS) is 32.6. The predicted molar refractivity (Wildman–Crippen MR) is 110 cm³/mol. The van der Waals surface area contributed by atoms with Gasteiger partial charge in [0.15, 0.2) is 0 Å². The molecule has 0 aromatic heterocycles. The van der Waals surface area contributed by atoms with Crippen molar-refractivity contribution in [1.82, 2.24) is 20.4 Å². The number of hydrogen-bond donors (Lipinski definition) is 2. The maximum atomic E-state index is 13.3. The number of halogens is 3. The van der Waals surface area contributed by atoms with Crippen molar-refractivity contribution >= 4 is 23.6 Å². The van der Waals surface area contributed by atoms with E-state index in [0.29, 0.717) is 17.9 Å². The lowest BCUT2D eigenvalue weighted by Gasteiger charge is -2.34. The number of nitrogens with zero attached hydrogens (tertiary/aromatic N) is 3. The van der Waals surface area contributed by atoms with Gasteiger partial charge in [-0.1, -0.05) is 13.8 Å². The molecule has 4 amide bonds. The second-order valence-corrected chi connectivity index (χ2v) is 10.2. The van der Waals surface area contributed by atoms with Crippen molar-refractivity contribution in [3.05, 3.63) is 0 Å². The standard InChI is InChI=1S/C22H28F3N5O4/c1-21(2)13-10-30(19(33)14-4-3-7-29(14)20(34)22(23,24)25)16(15(13)21)18(32)28-12(9-26)8-11-5-6-27-17(11)31/h11-16H,3-8,10H2,1-2H3,(H,27,31)(H,28,32)/t11-,12-,13-,14-,15-,16-/m0/s1. The van der Waals surface area contributed by atoms with E-state index >= 15 is 0 Å². The number of carbonyl (C=O) groups excluding carboxylic acids is 4. The molecule has 3 saturated heterocycles. The van der Waals surface area contributed by atoms with Gasteiger partial charge in [0.1, 0.15) is 18.1 Å². The van der Waals surface area contributed by atoms with E-state index < -0.39 is 47.9 Å². The van der Waals surface area contributed by atoms with E-state index in [9.17, 15) is 37.6 Å². The van der Waals surface area contributed by atoms with Gasteiger partial charge >= 0.3 is 12.1 Å². The molecule has 34 heavy (non-hydrogen) atoms. The molecule has 186 valence electrons. The highest BCUT2D eigenvalue weighted by Gasteiger charge is 2.70. The Morgan fingerprint density at radius 2 is 1.97 bits per heavy atom. The monoisotopic (exact) mass is 483 g/mol. The molecule has 0 spiro atoms. The number of likely N-dealkylation sites (tertiary alicyclic amines) is 2. The van der Waals surface area contributed by atoms with E-state index in [4.69, 9.17) is 0 Å². The molecule has 1 saturated carbocycles. The third-order valence-corrected chi connectivity index (χ3v) is 7.96. The highest BCUT2D eigenvalue weighted by atomic mass is 19.4. The summed E-state index contributed by atoms with van der Waals surface area (Å²) in [5, 5.41) is 14.9. The van der Waals surface area contributed by atoms with Gasteiger partial charge in [-0.25, -0.2) is 0 Å². The van der Waals surface area contributed by atoms with Gasteiger partial charge < -0.3 is 20.4 Å². The van der Waals surface area contributed by atoms with Gasteiger partial charge in [0.2, 0.25) is 17.7 Å². The molecule has 3 heterocycles. The number of alkyl halides is 3. The SMILES string of the molecule is CC1(C)[C@@H]2[C@@H](C(=O)N[C@H](C#N)C[C@@H]3CCNC3=O)N(C(=O)[C@@H]3CCCN3C(=O)C(F)(F)F)C[C@@H]21. The molecule has 4 aliphatic rings. The fraction of sp³-hybridized carbons (Fsp3) is 0.773. The van der Waals surface area contributed by atoms with Crippen LogP contribution in [0.25, 0.3) is 0 Å². The molecule has 4 rings (SSSR count). The number of hydrogen-bond acceptors (Lipinski definition) is 5. The van der Waals surface area contributed by atoms with Crippen molar-refractivity contribution in [3.63, 3.8) is 0 Å². The minimum absolute atomic E-state index is 0.00140. The summed E-state index contributed by atoms with van der Waals surface area (Å²) in [4.78, 5) is 52.2.